The Balaban J connectivity index is 1.81. The van der Waals surface area contributed by atoms with Gasteiger partial charge in [0.1, 0.15) is 6.04 Å². The highest BCUT2D eigenvalue weighted by molar-refractivity contribution is 6.03. The van der Waals surface area contributed by atoms with E-state index in [0.29, 0.717) is 30.2 Å². The average Bonchev–Trinajstić information content (AvgIpc) is 2.69. The number of rotatable bonds is 4. The lowest BCUT2D eigenvalue weighted by atomic mass is 10.1. The van der Waals surface area contributed by atoms with E-state index in [1.165, 1.54) is 0 Å². The predicted molar refractivity (Wildman–Crippen MR) is 104 cm³/mol. The van der Waals surface area contributed by atoms with Crippen molar-refractivity contribution in [2.45, 2.75) is 19.9 Å². The molecule has 1 fully saturated rings. The number of ether oxygens (including phenoxy) is 2. The van der Waals surface area contributed by atoms with Gasteiger partial charge in [0.15, 0.2) is 11.5 Å². The summed E-state index contributed by atoms with van der Waals surface area (Å²) in [5.41, 5.74) is 2.35. The van der Waals surface area contributed by atoms with Crippen LogP contribution < -0.4 is 14.4 Å². The lowest BCUT2D eigenvalue weighted by molar-refractivity contribution is -0.124. The minimum atomic E-state index is -0.542. The van der Waals surface area contributed by atoms with Gasteiger partial charge in [-0.1, -0.05) is 17.7 Å². The summed E-state index contributed by atoms with van der Waals surface area (Å²) in [4.78, 5) is 29.1. The van der Waals surface area contributed by atoms with Crippen LogP contribution in [0.5, 0.6) is 11.5 Å². The molecule has 1 saturated heterocycles. The van der Waals surface area contributed by atoms with Crippen molar-refractivity contribution in [3.05, 3.63) is 53.6 Å². The smallest absolute Gasteiger partial charge is 0.254 e. The number of carbonyl (C=O) groups excluding carboxylic acids is 2. The molecule has 2 aromatic carbocycles. The van der Waals surface area contributed by atoms with Crippen molar-refractivity contribution in [2.75, 3.05) is 32.2 Å². The first-order chi connectivity index (χ1) is 13.0. The van der Waals surface area contributed by atoms with Crippen molar-refractivity contribution in [1.82, 2.24) is 4.90 Å². The van der Waals surface area contributed by atoms with Crippen molar-refractivity contribution in [2.24, 2.45) is 0 Å². The predicted octanol–water partition coefficient (Wildman–Crippen LogP) is 2.89. The van der Waals surface area contributed by atoms with Gasteiger partial charge in [-0.2, -0.15) is 0 Å². The Morgan fingerprint density at radius 3 is 2.44 bits per heavy atom. The summed E-state index contributed by atoms with van der Waals surface area (Å²) in [5.74, 6) is 0.935. The van der Waals surface area contributed by atoms with Crippen LogP contribution in [0.4, 0.5) is 5.69 Å². The van der Waals surface area contributed by atoms with E-state index >= 15 is 0 Å². The molecule has 0 aromatic heterocycles. The third kappa shape index (κ3) is 3.60. The Labute approximate surface area is 159 Å². The third-order valence-corrected chi connectivity index (χ3v) is 4.86. The van der Waals surface area contributed by atoms with Crippen molar-refractivity contribution >= 4 is 17.5 Å². The minimum Gasteiger partial charge on any atom is -0.493 e. The Morgan fingerprint density at radius 1 is 1.04 bits per heavy atom. The first kappa shape index (κ1) is 18.8. The summed E-state index contributed by atoms with van der Waals surface area (Å²) in [7, 11) is 3.13. The van der Waals surface area contributed by atoms with Crippen LogP contribution in [0.15, 0.2) is 42.5 Å². The van der Waals surface area contributed by atoms with E-state index in [2.05, 4.69) is 0 Å². The molecule has 3 rings (SSSR count). The van der Waals surface area contributed by atoms with Gasteiger partial charge in [0, 0.05) is 30.4 Å². The summed E-state index contributed by atoms with van der Waals surface area (Å²) in [6, 6.07) is 12.3. The summed E-state index contributed by atoms with van der Waals surface area (Å²) in [6.45, 7) is 4.60. The highest BCUT2D eigenvalue weighted by Gasteiger charge is 2.35. The molecule has 1 heterocycles. The molecule has 0 saturated carbocycles. The Morgan fingerprint density at radius 2 is 1.78 bits per heavy atom. The minimum absolute atomic E-state index is 0.116. The van der Waals surface area contributed by atoms with Crippen LogP contribution in [0.25, 0.3) is 0 Å². The van der Waals surface area contributed by atoms with Crippen LogP contribution in [0, 0.1) is 6.92 Å². The fourth-order valence-electron chi connectivity index (χ4n) is 3.34. The highest BCUT2D eigenvalue weighted by Crippen LogP contribution is 2.32. The molecular weight excluding hydrogens is 344 g/mol. The largest absolute Gasteiger partial charge is 0.493 e. The Hall–Kier alpha value is -3.02. The highest BCUT2D eigenvalue weighted by atomic mass is 16.5. The van der Waals surface area contributed by atoms with Gasteiger partial charge in [-0.05, 0) is 38.1 Å². The van der Waals surface area contributed by atoms with Gasteiger partial charge in [-0.15, -0.1) is 0 Å². The van der Waals surface area contributed by atoms with Crippen molar-refractivity contribution in [3.63, 3.8) is 0 Å². The second-order valence-corrected chi connectivity index (χ2v) is 6.57. The van der Waals surface area contributed by atoms with E-state index in [1.807, 2.05) is 31.2 Å². The molecule has 1 aliphatic rings. The number of carbonyl (C=O) groups is 2. The molecule has 6 nitrogen and oxygen atoms in total. The number of anilines is 1. The van der Waals surface area contributed by atoms with Crippen molar-refractivity contribution in [3.8, 4) is 11.5 Å². The fourth-order valence-corrected chi connectivity index (χ4v) is 3.34. The number of amides is 2. The average molecular weight is 368 g/mol. The zero-order chi connectivity index (χ0) is 19.6. The summed E-state index contributed by atoms with van der Waals surface area (Å²) in [6.07, 6.45) is 0. The summed E-state index contributed by atoms with van der Waals surface area (Å²) >= 11 is 0. The topological polar surface area (TPSA) is 59.1 Å². The molecule has 0 bridgehead atoms. The number of benzene rings is 2. The van der Waals surface area contributed by atoms with E-state index in [9.17, 15) is 9.59 Å². The quantitative estimate of drug-likeness (QED) is 0.833. The van der Waals surface area contributed by atoms with E-state index < -0.39 is 6.04 Å². The van der Waals surface area contributed by atoms with E-state index in [4.69, 9.17) is 9.47 Å². The zero-order valence-corrected chi connectivity index (χ0v) is 16.1. The zero-order valence-electron chi connectivity index (χ0n) is 16.1. The van der Waals surface area contributed by atoms with Crippen molar-refractivity contribution < 1.29 is 19.1 Å². The molecule has 1 atom stereocenters. The molecule has 142 valence electrons. The summed E-state index contributed by atoms with van der Waals surface area (Å²) in [5, 5.41) is 0. The normalized spacial score (nSPS) is 17.0. The second kappa shape index (κ2) is 7.70. The number of methoxy groups -OCH3 is 2. The number of hydrogen-bond acceptors (Lipinski definition) is 4. The molecule has 0 N–H and O–H groups in total. The van der Waals surface area contributed by atoms with Crippen LogP contribution in [-0.4, -0.2) is 50.1 Å². The maximum absolute atomic E-state index is 13.0. The van der Waals surface area contributed by atoms with Crippen LogP contribution >= 0.6 is 0 Å². The van der Waals surface area contributed by atoms with Crippen LogP contribution in [0.2, 0.25) is 0 Å². The number of hydrogen-bond donors (Lipinski definition) is 0. The van der Waals surface area contributed by atoms with E-state index in [1.54, 1.807) is 49.1 Å². The summed E-state index contributed by atoms with van der Waals surface area (Å²) < 4.78 is 10.6. The van der Waals surface area contributed by atoms with Gasteiger partial charge in [0.25, 0.3) is 5.91 Å². The van der Waals surface area contributed by atoms with E-state index in [0.717, 1.165) is 11.3 Å². The van der Waals surface area contributed by atoms with Crippen LogP contribution in [0.1, 0.15) is 22.8 Å². The molecule has 0 spiro atoms. The third-order valence-electron chi connectivity index (χ3n) is 4.86. The molecule has 2 amide bonds. The number of piperazine rings is 1. The van der Waals surface area contributed by atoms with Crippen LogP contribution in [0.3, 0.4) is 0 Å². The van der Waals surface area contributed by atoms with E-state index in [-0.39, 0.29) is 11.8 Å². The molecule has 1 unspecified atom stereocenters. The van der Waals surface area contributed by atoms with Gasteiger partial charge in [-0.3, -0.25) is 9.59 Å². The van der Waals surface area contributed by atoms with Crippen LogP contribution in [-0.2, 0) is 4.79 Å². The standard InChI is InChI=1S/C21H24N2O4/c1-14-6-5-7-16(12-14)21(25)22-10-11-23(20(24)15(22)2)17-8-9-18(26-3)19(13-17)27-4/h5-9,12-13,15H,10-11H2,1-4H3. The van der Waals surface area contributed by atoms with Crippen molar-refractivity contribution in [1.29, 1.82) is 0 Å². The second-order valence-electron chi connectivity index (χ2n) is 6.57. The maximum Gasteiger partial charge on any atom is 0.254 e. The SMILES string of the molecule is COc1ccc(N2CCN(C(=O)c3cccc(C)c3)C(C)C2=O)cc1OC. The Kier molecular flexibility index (Phi) is 5.35. The molecule has 0 radical (unpaired) electrons. The first-order valence-electron chi connectivity index (χ1n) is 8.87. The van der Waals surface area contributed by atoms with Gasteiger partial charge in [0.05, 0.1) is 14.2 Å². The molecule has 27 heavy (non-hydrogen) atoms. The maximum atomic E-state index is 13.0. The Bertz CT molecular complexity index is 865. The number of aryl methyl sites for hydroxylation is 1. The lowest BCUT2D eigenvalue weighted by Gasteiger charge is -2.39. The lowest BCUT2D eigenvalue weighted by Crippen LogP contribution is -2.57. The monoisotopic (exact) mass is 368 g/mol. The fraction of sp³-hybridized carbons (Fsp3) is 0.333. The van der Waals surface area contributed by atoms with Gasteiger partial charge in [0.2, 0.25) is 5.91 Å². The first-order valence-corrected chi connectivity index (χ1v) is 8.87. The molecule has 0 aliphatic carbocycles. The van der Waals surface area contributed by atoms with Gasteiger partial charge in [-0.25, -0.2) is 0 Å². The van der Waals surface area contributed by atoms with Gasteiger partial charge >= 0.3 is 0 Å². The molecular formula is C21H24N2O4. The molecule has 6 heteroatoms. The molecule has 1 aliphatic heterocycles. The molecule has 2 aromatic rings. The number of nitrogens with zero attached hydrogens (tertiary/aromatic N) is 2. The van der Waals surface area contributed by atoms with Gasteiger partial charge < -0.3 is 19.3 Å².